The lowest BCUT2D eigenvalue weighted by atomic mass is 10.3. The van der Waals surface area contributed by atoms with Gasteiger partial charge in [-0.3, -0.25) is 0 Å². The van der Waals surface area contributed by atoms with Gasteiger partial charge in [-0.2, -0.15) is 0 Å². The van der Waals surface area contributed by atoms with Crippen LogP contribution in [0.2, 0.25) is 4.34 Å². The van der Waals surface area contributed by atoms with Crippen LogP contribution in [0.25, 0.3) is 0 Å². The van der Waals surface area contributed by atoms with Crippen molar-refractivity contribution in [2.45, 2.75) is 17.9 Å². The van der Waals surface area contributed by atoms with Crippen molar-refractivity contribution < 1.29 is 8.42 Å². The number of rotatable bonds is 5. The molecule has 0 aliphatic heterocycles. The van der Waals surface area contributed by atoms with Gasteiger partial charge >= 0.3 is 0 Å². The number of pyridine rings is 1. The third-order valence-corrected chi connectivity index (χ3v) is 6.10. The van der Waals surface area contributed by atoms with E-state index in [1.165, 1.54) is 23.6 Å². The van der Waals surface area contributed by atoms with Gasteiger partial charge in [-0.05, 0) is 41.1 Å². The molecule has 0 aromatic carbocycles. The van der Waals surface area contributed by atoms with Crippen LogP contribution < -0.4 is 10.0 Å². The number of aromatic nitrogens is 1. The zero-order valence-corrected chi connectivity index (χ0v) is 15.2. The van der Waals surface area contributed by atoms with Gasteiger partial charge in [-0.1, -0.05) is 11.6 Å². The minimum absolute atomic E-state index is 0.0916. The number of anilines is 1. The Morgan fingerprint density at radius 1 is 1.43 bits per heavy atom. The molecule has 0 bridgehead atoms. The third-order valence-electron chi connectivity index (χ3n) is 2.70. The summed E-state index contributed by atoms with van der Waals surface area (Å²) in [6.45, 7) is 1.77. The summed E-state index contributed by atoms with van der Waals surface area (Å²) in [7, 11) is -2.08. The Balaban J connectivity index is 2.32. The van der Waals surface area contributed by atoms with Gasteiger partial charge in [0.1, 0.15) is 10.7 Å². The highest BCUT2D eigenvalue weighted by atomic mass is 79.9. The molecule has 0 spiro atoms. The Kier molecular flexibility index (Phi) is 5.26. The minimum atomic E-state index is -3.71. The summed E-state index contributed by atoms with van der Waals surface area (Å²) in [6.07, 6.45) is 1.54. The fraction of sp³-hybridized carbons (Fsp3) is 0.250. The van der Waals surface area contributed by atoms with Crippen LogP contribution in [-0.4, -0.2) is 20.4 Å². The number of hydrogen-bond donors (Lipinski definition) is 2. The molecular weight excluding hydrogens is 398 g/mol. The van der Waals surface area contributed by atoms with Crippen LogP contribution in [-0.2, 0) is 10.0 Å². The predicted molar refractivity (Wildman–Crippen MR) is 89.5 cm³/mol. The second-order valence-corrected chi connectivity index (χ2v) is 8.58. The molecule has 0 fully saturated rings. The Labute approximate surface area is 140 Å². The molecule has 2 rings (SSSR count). The van der Waals surface area contributed by atoms with Gasteiger partial charge in [0.2, 0.25) is 10.0 Å². The van der Waals surface area contributed by atoms with Crippen LogP contribution in [0.1, 0.15) is 17.8 Å². The summed E-state index contributed by atoms with van der Waals surface area (Å²) in [5, 5.41) is 2.78. The quantitative estimate of drug-likeness (QED) is 0.789. The van der Waals surface area contributed by atoms with Crippen LogP contribution in [0.15, 0.2) is 33.8 Å². The SMILES string of the molecule is CNc1ncc(Br)cc1S(=O)(=O)NC(C)c1ccc(Cl)s1. The average molecular weight is 411 g/mol. The van der Waals surface area contributed by atoms with Crippen molar-refractivity contribution in [3.05, 3.63) is 38.1 Å². The fourth-order valence-corrected chi connectivity index (χ4v) is 4.76. The molecule has 2 heterocycles. The van der Waals surface area contributed by atoms with Crippen molar-refractivity contribution in [3.63, 3.8) is 0 Å². The molecule has 9 heteroatoms. The van der Waals surface area contributed by atoms with Crippen molar-refractivity contribution in [1.82, 2.24) is 9.71 Å². The molecule has 0 amide bonds. The van der Waals surface area contributed by atoms with Gasteiger partial charge in [0.05, 0.1) is 10.4 Å². The van der Waals surface area contributed by atoms with Crippen molar-refractivity contribution in [2.24, 2.45) is 0 Å². The van der Waals surface area contributed by atoms with E-state index in [2.05, 4.69) is 31.0 Å². The summed E-state index contributed by atoms with van der Waals surface area (Å²) in [6, 6.07) is 4.68. The lowest BCUT2D eigenvalue weighted by Crippen LogP contribution is -2.27. The van der Waals surface area contributed by atoms with E-state index < -0.39 is 10.0 Å². The van der Waals surface area contributed by atoms with E-state index in [0.29, 0.717) is 14.6 Å². The summed E-state index contributed by atoms with van der Waals surface area (Å²) in [5.74, 6) is 0.294. The first-order valence-electron chi connectivity index (χ1n) is 5.94. The van der Waals surface area contributed by atoms with Crippen molar-refractivity contribution in [3.8, 4) is 0 Å². The number of hydrogen-bond acceptors (Lipinski definition) is 5. The van der Waals surface area contributed by atoms with E-state index in [-0.39, 0.29) is 10.9 Å². The molecule has 0 saturated heterocycles. The maximum atomic E-state index is 12.5. The zero-order chi connectivity index (χ0) is 15.6. The van der Waals surface area contributed by atoms with Crippen LogP contribution in [0.5, 0.6) is 0 Å². The van der Waals surface area contributed by atoms with E-state index in [9.17, 15) is 8.42 Å². The molecule has 0 aliphatic carbocycles. The molecule has 21 heavy (non-hydrogen) atoms. The first-order valence-corrected chi connectivity index (χ1v) is 9.41. The summed E-state index contributed by atoms with van der Waals surface area (Å²) in [4.78, 5) is 4.99. The zero-order valence-electron chi connectivity index (χ0n) is 11.2. The number of thiophene rings is 1. The van der Waals surface area contributed by atoms with Crippen LogP contribution in [0.3, 0.4) is 0 Å². The standard InChI is InChI=1S/C12H13BrClN3O2S2/c1-7(9-3-4-11(14)20-9)17-21(18,19)10-5-8(13)6-16-12(10)15-2/h3-7,17H,1-2H3,(H,15,16). The third kappa shape index (κ3) is 3.95. The molecule has 114 valence electrons. The first kappa shape index (κ1) is 16.7. The Morgan fingerprint density at radius 3 is 2.71 bits per heavy atom. The topological polar surface area (TPSA) is 71.1 Å². The van der Waals surface area contributed by atoms with Gasteiger partial charge in [-0.15, -0.1) is 11.3 Å². The molecule has 0 aliphatic rings. The molecule has 2 aromatic heterocycles. The smallest absolute Gasteiger partial charge is 0.244 e. The highest BCUT2D eigenvalue weighted by Crippen LogP contribution is 2.29. The molecule has 2 aromatic rings. The molecular formula is C12H13BrClN3O2S2. The second kappa shape index (κ2) is 6.62. The summed E-state index contributed by atoms with van der Waals surface area (Å²) >= 11 is 10.5. The average Bonchev–Trinajstić information content (AvgIpc) is 2.85. The van der Waals surface area contributed by atoms with E-state index >= 15 is 0 Å². The van der Waals surface area contributed by atoms with E-state index in [4.69, 9.17) is 11.6 Å². The van der Waals surface area contributed by atoms with E-state index in [1.54, 1.807) is 26.1 Å². The minimum Gasteiger partial charge on any atom is -0.372 e. The van der Waals surface area contributed by atoms with Crippen LogP contribution >= 0.6 is 38.9 Å². The van der Waals surface area contributed by atoms with Gasteiger partial charge < -0.3 is 5.32 Å². The number of halogens is 2. The van der Waals surface area contributed by atoms with Crippen molar-refractivity contribution in [1.29, 1.82) is 0 Å². The van der Waals surface area contributed by atoms with Crippen molar-refractivity contribution in [2.75, 3.05) is 12.4 Å². The molecule has 5 nitrogen and oxygen atoms in total. The number of sulfonamides is 1. The lowest BCUT2D eigenvalue weighted by molar-refractivity contribution is 0.568. The van der Waals surface area contributed by atoms with Gasteiger partial charge in [0, 0.05) is 22.6 Å². The first-order chi connectivity index (χ1) is 9.83. The maximum Gasteiger partial charge on any atom is 0.244 e. The normalized spacial score (nSPS) is 13.1. The molecule has 1 atom stereocenters. The molecule has 2 N–H and O–H groups in total. The molecule has 0 saturated carbocycles. The molecule has 0 radical (unpaired) electrons. The highest BCUT2D eigenvalue weighted by Gasteiger charge is 2.23. The summed E-state index contributed by atoms with van der Waals surface area (Å²) < 4.78 is 28.9. The Morgan fingerprint density at radius 2 is 2.14 bits per heavy atom. The second-order valence-electron chi connectivity index (χ2n) is 4.24. The van der Waals surface area contributed by atoms with Crippen LogP contribution in [0.4, 0.5) is 5.82 Å². The van der Waals surface area contributed by atoms with Gasteiger partial charge in [0.25, 0.3) is 0 Å². The van der Waals surface area contributed by atoms with Crippen LogP contribution in [0, 0.1) is 0 Å². The Hall–Kier alpha value is -0.670. The van der Waals surface area contributed by atoms with Gasteiger partial charge in [-0.25, -0.2) is 18.1 Å². The molecule has 1 unspecified atom stereocenters. The number of nitrogens with one attached hydrogen (secondary N) is 2. The van der Waals surface area contributed by atoms with Crippen molar-refractivity contribution >= 4 is 54.7 Å². The van der Waals surface area contributed by atoms with E-state index in [1.807, 2.05) is 0 Å². The lowest BCUT2D eigenvalue weighted by Gasteiger charge is -2.15. The number of nitrogens with zero attached hydrogens (tertiary/aromatic N) is 1. The fourth-order valence-electron chi connectivity index (χ4n) is 1.73. The monoisotopic (exact) mass is 409 g/mol. The predicted octanol–water partition coefficient (Wildman–Crippen LogP) is 3.64. The van der Waals surface area contributed by atoms with Gasteiger partial charge in [0.15, 0.2) is 0 Å². The van der Waals surface area contributed by atoms with E-state index in [0.717, 1.165) is 4.88 Å². The summed E-state index contributed by atoms with van der Waals surface area (Å²) in [5.41, 5.74) is 0. The maximum absolute atomic E-state index is 12.5. The highest BCUT2D eigenvalue weighted by molar-refractivity contribution is 9.10. The Bertz CT molecular complexity index is 749. The largest absolute Gasteiger partial charge is 0.372 e.